The second-order valence-electron chi connectivity index (χ2n) is 8.83. The van der Waals surface area contributed by atoms with Gasteiger partial charge >= 0.3 is 0 Å². The quantitative estimate of drug-likeness (QED) is 0.284. The van der Waals surface area contributed by atoms with Gasteiger partial charge < -0.3 is 29.9 Å². The number of phenolic OH excluding ortho intramolecular Hbond substituents is 4. The van der Waals surface area contributed by atoms with Gasteiger partial charge in [0, 0.05) is 17.2 Å². The van der Waals surface area contributed by atoms with Gasteiger partial charge in [-0.3, -0.25) is 4.79 Å². The van der Waals surface area contributed by atoms with Crippen LogP contribution in [0.3, 0.4) is 0 Å². The molecule has 7 heteroatoms. The van der Waals surface area contributed by atoms with Gasteiger partial charge in [0.25, 0.3) is 0 Å². The molecule has 0 spiro atoms. The van der Waals surface area contributed by atoms with E-state index in [0.29, 0.717) is 24.0 Å². The summed E-state index contributed by atoms with van der Waals surface area (Å²) in [6.07, 6.45) is 6.31. The lowest BCUT2D eigenvalue weighted by Crippen LogP contribution is -2.21. The molecular weight excluding hydrogens is 436 g/mol. The molecule has 0 fully saturated rings. The summed E-state index contributed by atoms with van der Waals surface area (Å²) in [4.78, 5) is 12.9. The number of hydrogen-bond acceptors (Lipinski definition) is 7. The van der Waals surface area contributed by atoms with Crippen molar-refractivity contribution in [3.63, 3.8) is 0 Å². The summed E-state index contributed by atoms with van der Waals surface area (Å²) in [5, 5.41) is 41.2. The number of rotatable bonds is 8. The Labute approximate surface area is 199 Å². The number of allylic oxidation sites excluding steroid dienone is 4. The number of ether oxygens (including phenoxy) is 2. The molecule has 0 saturated carbocycles. The zero-order valence-electron chi connectivity index (χ0n) is 20.0. The van der Waals surface area contributed by atoms with Gasteiger partial charge in [0.05, 0.1) is 13.5 Å². The third-order valence-corrected chi connectivity index (χ3v) is 5.91. The molecule has 3 rings (SSSR count). The van der Waals surface area contributed by atoms with Crippen LogP contribution < -0.4 is 9.47 Å². The molecule has 0 unspecified atom stereocenters. The molecule has 1 aliphatic heterocycles. The van der Waals surface area contributed by atoms with Crippen LogP contribution in [0.15, 0.2) is 41.5 Å². The van der Waals surface area contributed by atoms with E-state index < -0.39 is 17.6 Å². The van der Waals surface area contributed by atoms with Gasteiger partial charge in [0.1, 0.15) is 28.9 Å². The Hall–Kier alpha value is -3.61. The highest BCUT2D eigenvalue weighted by molar-refractivity contribution is 6.03. The van der Waals surface area contributed by atoms with Gasteiger partial charge in [-0.2, -0.15) is 0 Å². The van der Waals surface area contributed by atoms with Crippen molar-refractivity contribution in [2.75, 3.05) is 7.11 Å². The maximum absolute atomic E-state index is 12.9. The number of benzene rings is 2. The van der Waals surface area contributed by atoms with Crippen LogP contribution in [-0.2, 0) is 6.42 Å². The van der Waals surface area contributed by atoms with Crippen LogP contribution in [0.1, 0.15) is 74.0 Å². The number of carbonyl (C=O) groups is 1. The molecule has 0 amide bonds. The first-order chi connectivity index (χ1) is 16.1. The molecule has 1 aliphatic rings. The van der Waals surface area contributed by atoms with Crippen molar-refractivity contribution in [2.24, 2.45) is 0 Å². The highest BCUT2D eigenvalue weighted by Crippen LogP contribution is 2.46. The predicted molar refractivity (Wildman–Crippen MR) is 129 cm³/mol. The van der Waals surface area contributed by atoms with E-state index in [0.717, 1.165) is 12.8 Å². The Morgan fingerprint density at radius 2 is 1.76 bits per heavy atom. The molecule has 0 aromatic heterocycles. The van der Waals surface area contributed by atoms with E-state index in [4.69, 9.17) is 9.47 Å². The number of Topliss-reactive ketones (excluding diaryl/α,β-unsaturated/α-hetero) is 1. The monoisotopic (exact) mass is 468 g/mol. The Bertz CT molecular complexity index is 1140. The standard InChI is InChI=1S/C27H32O7/c1-15(2)7-5-8-16(3)9-6-10-18-19(28)13-23-25(26(18)31)20(29)14-22(34-23)17-11-21(30)27(32)24(12-17)33-4/h7,9,11-13,22,28,30-32H,5-6,8,10,14H2,1-4H3/b16-9+/t22-/m0/s1. The molecule has 7 nitrogen and oxygen atoms in total. The lowest BCUT2D eigenvalue weighted by Gasteiger charge is -2.27. The van der Waals surface area contributed by atoms with Crippen LogP contribution >= 0.6 is 0 Å². The number of fused-ring (bicyclic) bond motifs is 1. The van der Waals surface area contributed by atoms with Crippen molar-refractivity contribution in [3.05, 3.63) is 58.2 Å². The first-order valence-corrected chi connectivity index (χ1v) is 11.3. The van der Waals surface area contributed by atoms with E-state index in [9.17, 15) is 25.2 Å². The molecular formula is C27H32O7. The number of phenols is 4. The normalized spacial score (nSPS) is 15.5. The van der Waals surface area contributed by atoms with E-state index in [1.807, 2.05) is 0 Å². The summed E-state index contributed by atoms with van der Waals surface area (Å²) in [5.41, 5.74) is 3.29. The molecule has 0 radical (unpaired) electrons. The van der Waals surface area contributed by atoms with Crippen molar-refractivity contribution in [2.45, 2.75) is 59.0 Å². The Kier molecular flexibility index (Phi) is 7.76. The van der Waals surface area contributed by atoms with E-state index in [2.05, 4.69) is 32.9 Å². The first kappa shape index (κ1) is 25.0. The maximum atomic E-state index is 12.9. The summed E-state index contributed by atoms with van der Waals surface area (Å²) in [6.45, 7) is 6.19. The maximum Gasteiger partial charge on any atom is 0.200 e. The van der Waals surface area contributed by atoms with E-state index in [-0.39, 0.29) is 40.8 Å². The van der Waals surface area contributed by atoms with Gasteiger partial charge in [0.15, 0.2) is 17.3 Å². The molecule has 0 saturated heterocycles. The van der Waals surface area contributed by atoms with Crippen molar-refractivity contribution in [3.8, 4) is 34.5 Å². The number of hydrogen-bond donors (Lipinski definition) is 4. The molecule has 182 valence electrons. The lowest BCUT2D eigenvalue weighted by atomic mass is 9.92. The largest absolute Gasteiger partial charge is 0.507 e. The molecule has 4 N–H and O–H groups in total. The minimum Gasteiger partial charge on any atom is -0.507 e. The Morgan fingerprint density at radius 3 is 2.44 bits per heavy atom. The second-order valence-corrected chi connectivity index (χ2v) is 8.83. The van der Waals surface area contributed by atoms with Crippen LogP contribution in [0.5, 0.6) is 34.5 Å². The predicted octanol–water partition coefficient (Wildman–Crippen LogP) is 5.85. The number of aromatic hydroxyl groups is 4. The molecule has 2 aromatic rings. The fourth-order valence-corrected chi connectivity index (χ4v) is 4.04. The van der Waals surface area contributed by atoms with Crippen LogP contribution in [0.25, 0.3) is 0 Å². The van der Waals surface area contributed by atoms with Crippen molar-refractivity contribution < 1.29 is 34.7 Å². The minimum absolute atomic E-state index is 0.0436. The van der Waals surface area contributed by atoms with E-state index in [1.54, 1.807) is 0 Å². The van der Waals surface area contributed by atoms with E-state index >= 15 is 0 Å². The van der Waals surface area contributed by atoms with Crippen LogP contribution in [0.2, 0.25) is 0 Å². The average molecular weight is 469 g/mol. The summed E-state index contributed by atoms with van der Waals surface area (Å²) in [7, 11) is 1.35. The average Bonchev–Trinajstić information content (AvgIpc) is 2.76. The SMILES string of the molecule is COc1cc([C@@H]2CC(=O)c3c(cc(O)c(CC/C=C(\C)CCC=C(C)C)c3O)O2)cc(O)c1O. The third kappa shape index (κ3) is 5.47. The fourth-order valence-electron chi connectivity index (χ4n) is 4.04. The second kappa shape index (κ2) is 10.5. The Balaban J connectivity index is 1.80. The number of carbonyl (C=O) groups excluding carboxylic acids is 1. The van der Waals surface area contributed by atoms with Gasteiger partial charge in [0.2, 0.25) is 5.75 Å². The van der Waals surface area contributed by atoms with Gasteiger partial charge in [-0.1, -0.05) is 23.3 Å². The van der Waals surface area contributed by atoms with Gasteiger partial charge in [-0.05, 0) is 58.6 Å². The summed E-state index contributed by atoms with van der Waals surface area (Å²) < 4.78 is 11.0. The lowest BCUT2D eigenvalue weighted by molar-refractivity contribution is 0.0843. The number of methoxy groups -OCH3 is 1. The van der Waals surface area contributed by atoms with Crippen molar-refractivity contribution in [1.82, 2.24) is 0 Å². The third-order valence-electron chi connectivity index (χ3n) is 5.91. The zero-order chi connectivity index (χ0) is 25.0. The summed E-state index contributed by atoms with van der Waals surface area (Å²) in [5.74, 6) is -1.45. The molecule has 34 heavy (non-hydrogen) atoms. The topological polar surface area (TPSA) is 116 Å². The summed E-state index contributed by atoms with van der Waals surface area (Å²) >= 11 is 0. The van der Waals surface area contributed by atoms with Gasteiger partial charge in [-0.25, -0.2) is 0 Å². The zero-order valence-corrected chi connectivity index (χ0v) is 20.0. The highest BCUT2D eigenvalue weighted by atomic mass is 16.5. The molecule has 0 bridgehead atoms. The Morgan fingerprint density at radius 1 is 1.03 bits per heavy atom. The van der Waals surface area contributed by atoms with Crippen LogP contribution in [0, 0.1) is 0 Å². The van der Waals surface area contributed by atoms with Crippen molar-refractivity contribution >= 4 is 5.78 Å². The van der Waals surface area contributed by atoms with Crippen LogP contribution in [0.4, 0.5) is 0 Å². The first-order valence-electron chi connectivity index (χ1n) is 11.3. The minimum atomic E-state index is -0.781. The fraction of sp³-hybridized carbons (Fsp3) is 0.370. The molecule has 1 atom stereocenters. The van der Waals surface area contributed by atoms with Gasteiger partial charge in [-0.15, -0.1) is 0 Å². The van der Waals surface area contributed by atoms with E-state index in [1.165, 1.54) is 36.5 Å². The van der Waals surface area contributed by atoms with Crippen molar-refractivity contribution in [1.29, 1.82) is 0 Å². The molecule has 1 heterocycles. The smallest absolute Gasteiger partial charge is 0.200 e. The number of ketones is 1. The molecule has 2 aromatic carbocycles. The van der Waals surface area contributed by atoms with Crippen LogP contribution in [-0.4, -0.2) is 33.3 Å². The molecule has 0 aliphatic carbocycles. The summed E-state index contributed by atoms with van der Waals surface area (Å²) in [6, 6.07) is 4.11. The highest BCUT2D eigenvalue weighted by Gasteiger charge is 2.33.